The Morgan fingerprint density at radius 1 is 1.45 bits per heavy atom. The van der Waals surface area contributed by atoms with Gasteiger partial charge in [-0.2, -0.15) is 0 Å². The third-order valence-corrected chi connectivity index (χ3v) is 2.74. The molecule has 2 aromatic heterocycles. The number of imidazole rings is 1. The van der Waals surface area contributed by atoms with Crippen molar-refractivity contribution in [1.29, 1.82) is 0 Å². The fourth-order valence-corrected chi connectivity index (χ4v) is 1.61. The maximum absolute atomic E-state index is 4.16. The van der Waals surface area contributed by atoms with Gasteiger partial charge in [0.2, 0.25) is 0 Å². The molecule has 0 atom stereocenters. The van der Waals surface area contributed by atoms with E-state index in [0.717, 1.165) is 16.3 Å². The minimum atomic E-state index is 0.721. The zero-order valence-corrected chi connectivity index (χ0v) is 8.26. The van der Waals surface area contributed by atoms with E-state index in [2.05, 4.69) is 41.1 Å². The van der Waals surface area contributed by atoms with Gasteiger partial charge in [0.25, 0.3) is 0 Å². The molecule has 0 aliphatic carbocycles. The van der Waals surface area contributed by atoms with E-state index >= 15 is 0 Å². The molecule has 0 saturated heterocycles. The first-order chi connectivity index (χ1) is 5.40. The van der Waals surface area contributed by atoms with Crippen LogP contribution in [-0.4, -0.2) is 19.9 Å². The first-order valence-corrected chi connectivity index (χ1v) is 6.21. The second-order valence-corrected chi connectivity index (χ2v) is 3.71. The summed E-state index contributed by atoms with van der Waals surface area (Å²) in [6.07, 6.45) is 3.34. The summed E-state index contributed by atoms with van der Waals surface area (Å²) in [5.41, 5.74) is 1.60. The Morgan fingerprint density at radius 3 is 3.18 bits per heavy atom. The highest BCUT2D eigenvalue weighted by Crippen LogP contribution is 2.21. The average molecular weight is 278 g/mol. The molecule has 0 saturated carbocycles. The van der Waals surface area contributed by atoms with Crippen LogP contribution in [0.15, 0.2) is 17.7 Å². The topological polar surface area (TPSA) is 54.5 Å². The van der Waals surface area contributed by atoms with Crippen LogP contribution in [0.2, 0.25) is 0 Å². The van der Waals surface area contributed by atoms with Gasteiger partial charge in [0.05, 0.1) is 12.5 Å². The molecular weight excluding hydrogens is 275 g/mol. The van der Waals surface area contributed by atoms with Crippen molar-refractivity contribution in [1.82, 2.24) is 19.9 Å². The Hall–Kier alpha value is -0.370. The first kappa shape index (κ1) is 7.29. The number of fused-ring (bicyclic) bond motifs is 1. The van der Waals surface area contributed by atoms with Gasteiger partial charge in [-0.25, -0.2) is 15.0 Å². The number of rotatable bonds is 1. The Labute approximate surface area is 78.8 Å². The summed E-state index contributed by atoms with van der Waals surface area (Å²) >= 11 is 2.14. The van der Waals surface area contributed by atoms with Crippen molar-refractivity contribution in [2.75, 3.05) is 0 Å². The van der Waals surface area contributed by atoms with Crippen LogP contribution in [0.1, 0.15) is 0 Å². The molecule has 0 amide bonds. The van der Waals surface area contributed by atoms with Crippen LogP contribution >= 0.6 is 30.1 Å². The van der Waals surface area contributed by atoms with Crippen molar-refractivity contribution in [3.8, 4) is 0 Å². The summed E-state index contributed by atoms with van der Waals surface area (Å²) in [6, 6.07) is 0. The molecule has 6 heteroatoms. The molecule has 0 unspecified atom stereocenters. The van der Waals surface area contributed by atoms with E-state index in [1.807, 2.05) is 0 Å². The highest BCUT2D eigenvalue weighted by Gasteiger charge is 1.99. The van der Waals surface area contributed by atoms with Gasteiger partial charge in [0.1, 0.15) is 5.52 Å². The molecule has 0 bridgehead atoms. The number of hydrogen-bond donors (Lipinski definition) is 1. The van der Waals surface area contributed by atoms with E-state index < -0.39 is 0 Å². The van der Waals surface area contributed by atoms with Crippen molar-refractivity contribution in [3.63, 3.8) is 0 Å². The zero-order chi connectivity index (χ0) is 7.68. The molecule has 0 fully saturated rings. The number of hydrogen-bond acceptors (Lipinski definition) is 4. The lowest BCUT2D eigenvalue weighted by Gasteiger charge is -1.89. The predicted octanol–water partition coefficient (Wildman–Crippen LogP) is 1.79. The van der Waals surface area contributed by atoms with Gasteiger partial charge in [-0.1, -0.05) is 0 Å². The summed E-state index contributed by atoms with van der Waals surface area (Å²) in [6.45, 7) is 0. The maximum Gasteiger partial charge on any atom is 0.200 e. The molecule has 56 valence electrons. The van der Waals surface area contributed by atoms with Gasteiger partial charge < -0.3 is 4.98 Å². The van der Waals surface area contributed by atoms with Gasteiger partial charge in [0, 0.05) is 21.2 Å². The summed E-state index contributed by atoms with van der Waals surface area (Å²) in [5, 5.41) is 0.741. The van der Waals surface area contributed by atoms with Crippen LogP contribution in [0, 0.1) is 0 Å². The minimum absolute atomic E-state index is 0.721. The molecule has 4 nitrogen and oxygen atoms in total. The van der Waals surface area contributed by atoms with Gasteiger partial charge in [0.15, 0.2) is 10.8 Å². The van der Waals surface area contributed by atoms with Gasteiger partial charge >= 0.3 is 0 Å². The summed E-state index contributed by atoms with van der Waals surface area (Å²) in [5.74, 6) is 0. The Balaban J connectivity index is 2.67. The minimum Gasteiger partial charge on any atom is -0.342 e. The van der Waals surface area contributed by atoms with E-state index in [1.54, 1.807) is 12.5 Å². The monoisotopic (exact) mass is 278 g/mol. The fourth-order valence-electron chi connectivity index (χ4n) is 0.758. The smallest absolute Gasteiger partial charge is 0.200 e. The van der Waals surface area contributed by atoms with E-state index in [0.29, 0.717) is 0 Å². The number of halogens is 1. The lowest BCUT2D eigenvalue weighted by molar-refractivity contribution is 1.00. The van der Waals surface area contributed by atoms with Crippen molar-refractivity contribution in [2.45, 2.75) is 5.16 Å². The van der Waals surface area contributed by atoms with Crippen molar-refractivity contribution < 1.29 is 0 Å². The standard InChI is InChI=1S/C5H3IN4S/c6-11-5-7-1-3-4(10-5)9-2-8-3/h1-2H,(H,7,8,9,10). The molecular formula is C5H3IN4S. The lowest BCUT2D eigenvalue weighted by Crippen LogP contribution is -1.83. The fraction of sp³-hybridized carbons (Fsp3) is 0. The quantitative estimate of drug-likeness (QED) is 0.638. The van der Waals surface area contributed by atoms with Crippen molar-refractivity contribution in [2.24, 2.45) is 0 Å². The van der Waals surface area contributed by atoms with E-state index in [4.69, 9.17) is 0 Å². The molecule has 1 N–H and O–H groups in total. The molecule has 0 aliphatic rings. The Morgan fingerprint density at radius 2 is 2.36 bits per heavy atom. The largest absolute Gasteiger partial charge is 0.342 e. The predicted molar refractivity (Wildman–Crippen MR) is 51.6 cm³/mol. The van der Waals surface area contributed by atoms with Gasteiger partial charge in [-0.15, -0.1) is 0 Å². The molecule has 0 spiro atoms. The lowest BCUT2D eigenvalue weighted by atomic mass is 10.6. The van der Waals surface area contributed by atoms with Crippen LogP contribution in [-0.2, 0) is 0 Å². The SMILES string of the molecule is ISc1ncc2[nH]cnc2n1. The third-order valence-electron chi connectivity index (χ3n) is 1.22. The first-order valence-electron chi connectivity index (χ1n) is 2.85. The number of aromatic amines is 1. The summed E-state index contributed by atoms with van der Waals surface area (Å²) in [4.78, 5) is 15.2. The molecule has 0 radical (unpaired) electrons. The van der Waals surface area contributed by atoms with Crippen LogP contribution in [0.4, 0.5) is 0 Å². The highest BCUT2D eigenvalue weighted by atomic mass is 127. The molecule has 2 aromatic rings. The van der Waals surface area contributed by atoms with Gasteiger partial charge in [-0.3, -0.25) is 0 Å². The summed E-state index contributed by atoms with van der Waals surface area (Å²) in [7, 11) is 1.48. The van der Waals surface area contributed by atoms with Crippen LogP contribution in [0.25, 0.3) is 11.2 Å². The van der Waals surface area contributed by atoms with E-state index in [1.165, 1.54) is 8.93 Å². The molecule has 2 rings (SSSR count). The molecule has 11 heavy (non-hydrogen) atoms. The van der Waals surface area contributed by atoms with Crippen LogP contribution in [0.5, 0.6) is 0 Å². The number of aromatic nitrogens is 4. The van der Waals surface area contributed by atoms with E-state index in [9.17, 15) is 0 Å². The highest BCUT2D eigenvalue weighted by molar-refractivity contribution is 14.2. The van der Waals surface area contributed by atoms with Crippen LogP contribution < -0.4 is 0 Å². The Bertz CT molecular complexity index is 373. The molecule has 2 heterocycles. The number of nitrogens with zero attached hydrogens (tertiary/aromatic N) is 3. The summed E-state index contributed by atoms with van der Waals surface area (Å²) < 4.78 is 0. The van der Waals surface area contributed by atoms with E-state index in [-0.39, 0.29) is 0 Å². The maximum atomic E-state index is 4.16. The molecule has 0 aliphatic heterocycles. The second kappa shape index (κ2) is 2.94. The zero-order valence-electron chi connectivity index (χ0n) is 5.28. The van der Waals surface area contributed by atoms with Crippen molar-refractivity contribution >= 4 is 41.3 Å². The van der Waals surface area contributed by atoms with Crippen molar-refractivity contribution in [3.05, 3.63) is 12.5 Å². The average Bonchev–Trinajstić information content (AvgIpc) is 2.50. The number of nitrogens with one attached hydrogen (secondary N) is 1. The normalized spacial score (nSPS) is 10.6. The third kappa shape index (κ3) is 1.32. The Kier molecular flexibility index (Phi) is 1.95. The number of H-pyrrole nitrogens is 1. The van der Waals surface area contributed by atoms with Gasteiger partial charge in [-0.05, 0) is 8.93 Å². The molecule has 0 aromatic carbocycles. The second-order valence-electron chi connectivity index (χ2n) is 1.87. The van der Waals surface area contributed by atoms with Crippen LogP contribution in [0.3, 0.4) is 0 Å².